The minimum absolute atomic E-state index is 0.0620. The van der Waals surface area contributed by atoms with Gasteiger partial charge in [0, 0.05) is 0 Å². The van der Waals surface area contributed by atoms with E-state index in [1.807, 2.05) is 6.08 Å². The molecule has 1 aromatic rings. The Hall–Kier alpha value is -2.17. The number of nitrogens with two attached hydrogens (primary N) is 1. The van der Waals surface area contributed by atoms with Gasteiger partial charge in [-0.15, -0.1) is 0 Å². The Morgan fingerprint density at radius 1 is 1.39 bits per heavy atom. The minimum atomic E-state index is -1.16. The van der Waals surface area contributed by atoms with Crippen LogP contribution in [0.25, 0.3) is 5.57 Å². The molecule has 1 aliphatic carbocycles. The van der Waals surface area contributed by atoms with Crippen molar-refractivity contribution in [2.75, 3.05) is 5.73 Å². The molecule has 1 aliphatic rings. The molecule has 94 valence electrons. The molecule has 5 heteroatoms. The number of aromatic carboxylic acids is 1. The Kier molecular flexibility index (Phi) is 3.14. The molecule has 1 heterocycles. The van der Waals surface area contributed by atoms with Gasteiger partial charge in [0.25, 0.3) is 0 Å². The number of carboxylic acid groups (broad SMARTS) is 1. The van der Waals surface area contributed by atoms with Crippen molar-refractivity contribution in [3.63, 3.8) is 0 Å². The molecule has 0 saturated heterocycles. The van der Waals surface area contributed by atoms with Crippen molar-refractivity contribution in [3.8, 4) is 0 Å². The zero-order valence-electron chi connectivity index (χ0n) is 10.3. The molecule has 0 spiro atoms. The highest BCUT2D eigenvalue weighted by atomic mass is 16.4. The first-order valence-electron chi connectivity index (χ1n) is 5.75. The molecule has 2 atom stereocenters. The number of allylic oxidation sites excluding steroid dienone is 4. The summed E-state index contributed by atoms with van der Waals surface area (Å²) in [6, 6.07) is 0. The molecular formula is C13H15N3O2. The second kappa shape index (κ2) is 4.60. The molecule has 0 radical (unpaired) electrons. The Labute approximate surface area is 105 Å². The molecule has 1 aromatic heterocycles. The maximum Gasteiger partial charge on any atom is 0.358 e. The third-order valence-corrected chi connectivity index (χ3v) is 3.15. The summed E-state index contributed by atoms with van der Waals surface area (Å²) in [6.45, 7) is 4.24. The third kappa shape index (κ3) is 2.25. The Morgan fingerprint density at radius 2 is 2.11 bits per heavy atom. The van der Waals surface area contributed by atoms with E-state index < -0.39 is 5.97 Å². The molecule has 0 bridgehead atoms. The van der Waals surface area contributed by atoms with Crippen molar-refractivity contribution in [1.82, 2.24) is 9.97 Å². The second-order valence-corrected chi connectivity index (χ2v) is 4.49. The van der Waals surface area contributed by atoms with Gasteiger partial charge in [-0.05, 0) is 17.4 Å². The van der Waals surface area contributed by atoms with Gasteiger partial charge < -0.3 is 10.8 Å². The monoisotopic (exact) mass is 245 g/mol. The normalized spacial score (nSPS) is 22.7. The van der Waals surface area contributed by atoms with Crippen LogP contribution in [-0.2, 0) is 0 Å². The smallest absolute Gasteiger partial charge is 0.358 e. The van der Waals surface area contributed by atoms with E-state index >= 15 is 0 Å². The summed E-state index contributed by atoms with van der Waals surface area (Å²) < 4.78 is 0. The van der Waals surface area contributed by atoms with E-state index in [1.54, 1.807) is 0 Å². The van der Waals surface area contributed by atoms with Crippen LogP contribution in [0.2, 0.25) is 0 Å². The van der Waals surface area contributed by atoms with E-state index in [0.717, 1.165) is 5.57 Å². The number of aromatic nitrogens is 2. The van der Waals surface area contributed by atoms with Crippen LogP contribution in [-0.4, -0.2) is 21.0 Å². The molecule has 2 unspecified atom stereocenters. The summed E-state index contributed by atoms with van der Waals surface area (Å²) in [5.74, 6) is -0.372. The molecule has 3 N–H and O–H groups in total. The van der Waals surface area contributed by atoms with Crippen molar-refractivity contribution >= 4 is 17.4 Å². The number of hydrogen-bond donors (Lipinski definition) is 2. The Balaban J connectivity index is 2.41. The van der Waals surface area contributed by atoms with Crippen LogP contribution in [0.4, 0.5) is 5.82 Å². The lowest BCUT2D eigenvalue weighted by Gasteiger charge is -2.18. The van der Waals surface area contributed by atoms with Crippen LogP contribution in [0.3, 0.4) is 0 Å². The molecule has 5 nitrogen and oxygen atoms in total. The zero-order valence-corrected chi connectivity index (χ0v) is 10.3. The Bertz CT molecular complexity index is 549. The number of hydrogen-bond acceptors (Lipinski definition) is 4. The first-order chi connectivity index (χ1) is 8.49. The molecule has 0 fully saturated rings. The highest BCUT2D eigenvalue weighted by molar-refractivity contribution is 5.91. The fourth-order valence-corrected chi connectivity index (χ4v) is 1.79. The summed E-state index contributed by atoms with van der Waals surface area (Å²) in [4.78, 5) is 18.9. The summed E-state index contributed by atoms with van der Waals surface area (Å²) in [7, 11) is 0. The van der Waals surface area contributed by atoms with Crippen molar-refractivity contribution < 1.29 is 9.90 Å². The van der Waals surface area contributed by atoms with Crippen LogP contribution in [0.1, 0.15) is 30.0 Å². The van der Waals surface area contributed by atoms with Gasteiger partial charge in [0.1, 0.15) is 0 Å². The average molecular weight is 245 g/mol. The van der Waals surface area contributed by atoms with E-state index in [9.17, 15) is 4.79 Å². The van der Waals surface area contributed by atoms with E-state index in [4.69, 9.17) is 10.8 Å². The average Bonchev–Trinajstić information content (AvgIpc) is 2.33. The fraction of sp³-hybridized carbons (Fsp3) is 0.308. The van der Waals surface area contributed by atoms with Crippen molar-refractivity contribution in [2.24, 2.45) is 11.8 Å². The van der Waals surface area contributed by atoms with E-state index in [0.29, 0.717) is 17.5 Å². The van der Waals surface area contributed by atoms with E-state index in [2.05, 4.69) is 36.0 Å². The number of anilines is 1. The maximum absolute atomic E-state index is 11.0. The van der Waals surface area contributed by atoms with Crippen LogP contribution in [0.5, 0.6) is 0 Å². The molecule has 0 amide bonds. The molecule has 0 aromatic carbocycles. The second-order valence-electron chi connectivity index (χ2n) is 4.49. The third-order valence-electron chi connectivity index (χ3n) is 3.15. The highest BCUT2D eigenvalue weighted by Gasteiger charge is 2.17. The molecule has 18 heavy (non-hydrogen) atoms. The number of nitrogen functional groups attached to an aromatic ring is 1. The van der Waals surface area contributed by atoms with Crippen LogP contribution in [0, 0.1) is 11.8 Å². The number of carboxylic acids is 1. The van der Waals surface area contributed by atoms with E-state index in [1.165, 1.54) is 6.20 Å². The van der Waals surface area contributed by atoms with Gasteiger partial charge in [-0.25, -0.2) is 14.8 Å². The van der Waals surface area contributed by atoms with Gasteiger partial charge in [-0.2, -0.15) is 0 Å². The maximum atomic E-state index is 11.0. The highest BCUT2D eigenvalue weighted by Crippen LogP contribution is 2.27. The van der Waals surface area contributed by atoms with Gasteiger partial charge in [0.2, 0.25) is 0 Å². The fourth-order valence-electron chi connectivity index (χ4n) is 1.79. The predicted octanol–water partition coefficient (Wildman–Crippen LogP) is 1.98. The van der Waals surface area contributed by atoms with Crippen molar-refractivity contribution in [1.29, 1.82) is 0 Å². The van der Waals surface area contributed by atoms with Gasteiger partial charge >= 0.3 is 5.97 Å². The van der Waals surface area contributed by atoms with Gasteiger partial charge in [0.05, 0.1) is 11.9 Å². The lowest BCUT2D eigenvalue weighted by Crippen LogP contribution is -2.11. The summed E-state index contributed by atoms with van der Waals surface area (Å²) in [5.41, 5.74) is 6.70. The topological polar surface area (TPSA) is 89.1 Å². The summed E-state index contributed by atoms with van der Waals surface area (Å²) in [5, 5.41) is 8.96. The molecule has 0 aliphatic heterocycles. The zero-order chi connectivity index (χ0) is 13.3. The number of rotatable bonds is 2. The summed E-state index contributed by atoms with van der Waals surface area (Å²) in [6.07, 6.45) is 7.59. The minimum Gasteiger partial charge on any atom is -0.476 e. The molecule has 0 saturated carbocycles. The van der Waals surface area contributed by atoms with Gasteiger partial charge in [-0.3, -0.25) is 0 Å². The van der Waals surface area contributed by atoms with Crippen LogP contribution < -0.4 is 5.73 Å². The van der Waals surface area contributed by atoms with Crippen LogP contribution in [0.15, 0.2) is 24.4 Å². The quantitative estimate of drug-likeness (QED) is 0.831. The van der Waals surface area contributed by atoms with Crippen LogP contribution >= 0.6 is 0 Å². The largest absolute Gasteiger partial charge is 0.476 e. The first-order valence-corrected chi connectivity index (χ1v) is 5.75. The number of carbonyl (C=O) groups is 1. The van der Waals surface area contributed by atoms with Gasteiger partial charge in [-0.1, -0.05) is 32.1 Å². The lowest BCUT2D eigenvalue weighted by atomic mass is 9.88. The molecular weight excluding hydrogens is 230 g/mol. The molecule has 2 rings (SSSR count). The predicted molar refractivity (Wildman–Crippen MR) is 68.8 cm³/mol. The SMILES string of the molecule is CC1C=CC(c2cnc(N)c(C(=O)O)n2)=CC1C. The summed E-state index contributed by atoms with van der Waals surface area (Å²) >= 11 is 0. The van der Waals surface area contributed by atoms with Crippen molar-refractivity contribution in [3.05, 3.63) is 35.8 Å². The Morgan fingerprint density at radius 3 is 2.72 bits per heavy atom. The van der Waals surface area contributed by atoms with Crippen molar-refractivity contribution in [2.45, 2.75) is 13.8 Å². The number of nitrogens with zero attached hydrogens (tertiary/aromatic N) is 2. The van der Waals surface area contributed by atoms with E-state index in [-0.39, 0.29) is 11.5 Å². The first kappa shape index (κ1) is 12.3. The lowest BCUT2D eigenvalue weighted by molar-refractivity contribution is 0.0691. The standard InChI is InChI=1S/C13H15N3O2/c1-7-3-4-9(5-8(7)2)10-6-15-12(14)11(16-10)13(17)18/h3-8H,1-2H3,(H2,14,15)(H,17,18). The van der Waals surface area contributed by atoms with Gasteiger partial charge in [0.15, 0.2) is 11.5 Å².